The van der Waals surface area contributed by atoms with Gasteiger partial charge in [-0.1, -0.05) is 32.1 Å². The zero-order chi connectivity index (χ0) is 12.8. The molecule has 0 aliphatic carbocycles. The molecule has 1 rings (SSSR count). The van der Waals surface area contributed by atoms with Gasteiger partial charge in [0.2, 0.25) is 0 Å². The molecule has 0 fully saturated rings. The fourth-order valence-electron chi connectivity index (χ4n) is 2.09. The largest absolute Gasteiger partial charge is 0.399 e. The molecule has 17 heavy (non-hydrogen) atoms. The van der Waals surface area contributed by atoms with Crippen LogP contribution in [0.15, 0.2) is 35.9 Å². The SMILES string of the molecule is CC/C=C(C)\C(=C/CC)c1ccc(N)cc1C. The number of nitrogen functional groups attached to an aromatic ring is 1. The average molecular weight is 229 g/mol. The zero-order valence-corrected chi connectivity index (χ0v) is 11.4. The van der Waals surface area contributed by atoms with Crippen LogP contribution in [-0.4, -0.2) is 0 Å². The Morgan fingerprint density at radius 3 is 2.35 bits per heavy atom. The van der Waals surface area contributed by atoms with Gasteiger partial charge in [0.05, 0.1) is 0 Å². The minimum absolute atomic E-state index is 0.833. The Labute approximate surface area is 105 Å². The van der Waals surface area contributed by atoms with E-state index in [1.807, 2.05) is 12.1 Å². The molecular formula is C16H23N. The second-order valence-electron chi connectivity index (χ2n) is 4.40. The minimum Gasteiger partial charge on any atom is -0.399 e. The van der Waals surface area contributed by atoms with Gasteiger partial charge >= 0.3 is 0 Å². The minimum atomic E-state index is 0.833. The first-order chi connectivity index (χ1) is 8.10. The van der Waals surface area contributed by atoms with E-state index in [-0.39, 0.29) is 0 Å². The summed E-state index contributed by atoms with van der Waals surface area (Å²) in [6, 6.07) is 6.14. The lowest BCUT2D eigenvalue weighted by Gasteiger charge is -2.12. The fourth-order valence-corrected chi connectivity index (χ4v) is 2.09. The first kappa shape index (κ1) is 13.6. The van der Waals surface area contributed by atoms with E-state index in [1.54, 1.807) is 0 Å². The highest BCUT2D eigenvalue weighted by molar-refractivity contribution is 5.80. The van der Waals surface area contributed by atoms with E-state index in [9.17, 15) is 0 Å². The van der Waals surface area contributed by atoms with Gasteiger partial charge in [-0.25, -0.2) is 0 Å². The molecule has 0 radical (unpaired) electrons. The summed E-state index contributed by atoms with van der Waals surface area (Å²) in [4.78, 5) is 0. The maximum Gasteiger partial charge on any atom is 0.0317 e. The fraction of sp³-hybridized carbons (Fsp3) is 0.375. The Hall–Kier alpha value is -1.50. The third-order valence-corrected chi connectivity index (χ3v) is 2.88. The summed E-state index contributed by atoms with van der Waals surface area (Å²) in [5.41, 5.74) is 11.9. The van der Waals surface area contributed by atoms with Crippen LogP contribution in [0.5, 0.6) is 0 Å². The number of aryl methyl sites for hydroxylation is 1. The van der Waals surface area contributed by atoms with Gasteiger partial charge in [-0.3, -0.25) is 0 Å². The number of hydrogen-bond acceptors (Lipinski definition) is 1. The lowest BCUT2D eigenvalue weighted by Crippen LogP contribution is -1.94. The predicted molar refractivity (Wildman–Crippen MR) is 77.9 cm³/mol. The van der Waals surface area contributed by atoms with Crippen molar-refractivity contribution < 1.29 is 0 Å². The van der Waals surface area contributed by atoms with Crippen LogP contribution < -0.4 is 5.73 Å². The molecule has 0 aromatic heterocycles. The summed E-state index contributed by atoms with van der Waals surface area (Å²) >= 11 is 0. The van der Waals surface area contributed by atoms with Crippen molar-refractivity contribution in [1.82, 2.24) is 0 Å². The van der Waals surface area contributed by atoms with Gasteiger partial charge in [0.15, 0.2) is 0 Å². The number of hydrogen-bond donors (Lipinski definition) is 1. The molecule has 92 valence electrons. The maximum atomic E-state index is 5.80. The van der Waals surface area contributed by atoms with Gasteiger partial charge < -0.3 is 5.73 Å². The molecular weight excluding hydrogens is 206 g/mol. The number of benzene rings is 1. The van der Waals surface area contributed by atoms with Crippen LogP contribution in [0.1, 0.15) is 44.7 Å². The highest BCUT2D eigenvalue weighted by Crippen LogP contribution is 2.27. The van der Waals surface area contributed by atoms with E-state index in [4.69, 9.17) is 5.73 Å². The van der Waals surface area contributed by atoms with Crippen LogP contribution in [0, 0.1) is 6.92 Å². The third kappa shape index (κ3) is 3.48. The quantitative estimate of drug-likeness (QED) is 0.586. The Kier molecular flexibility index (Phi) is 5.02. The van der Waals surface area contributed by atoms with Gasteiger partial charge in [-0.05, 0) is 61.1 Å². The lowest BCUT2D eigenvalue weighted by molar-refractivity contribution is 1.18. The monoisotopic (exact) mass is 229 g/mol. The zero-order valence-electron chi connectivity index (χ0n) is 11.4. The summed E-state index contributed by atoms with van der Waals surface area (Å²) in [5.74, 6) is 0. The molecule has 0 atom stereocenters. The van der Waals surface area contributed by atoms with Gasteiger partial charge in [0, 0.05) is 5.69 Å². The number of rotatable bonds is 4. The van der Waals surface area contributed by atoms with Crippen LogP contribution in [-0.2, 0) is 0 Å². The predicted octanol–water partition coefficient (Wildman–Crippen LogP) is 4.73. The highest BCUT2D eigenvalue weighted by atomic mass is 14.5. The van der Waals surface area contributed by atoms with Crippen LogP contribution in [0.3, 0.4) is 0 Å². The molecule has 0 saturated heterocycles. The molecule has 0 spiro atoms. The second-order valence-corrected chi connectivity index (χ2v) is 4.40. The molecule has 0 bridgehead atoms. The van der Waals surface area contributed by atoms with Crippen LogP contribution in [0.2, 0.25) is 0 Å². The second kappa shape index (κ2) is 6.29. The Morgan fingerprint density at radius 2 is 1.82 bits per heavy atom. The van der Waals surface area contributed by atoms with E-state index in [1.165, 1.54) is 22.3 Å². The topological polar surface area (TPSA) is 26.0 Å². The van der Waals surface area contributed by atoms with Gasteiger partial charge in [0.25, 0.3) is 0 Å². The average Bonchev–Trinajstić information content (AvgIpc) is 2.27. The standard InChI is InChI=1S/C16H23N/c1-5-7-12(3)15(8-6-2)16-10-9-14(17)11-13(16)4/h7-11H,5-6,17H2,1-4H3/b12-7-,15-8+. The van der Waals surface area contributed by atoms with Crippen molar-refractivity contribution in [2.45, 2.75) is 40.5 Å². The van der Waals surface area contributed by atoms with Crippen molar-refractivity contribution in [3.63, 3.8) is 0 Å². The molecule has 0 amide bonds. The first-order valence-corrected chi connectivity index (χ1v) is 6.33. The normalized spacial score (nSPS) is 12.9. The Morgan fingerprint density at radius 1 is 1.18 bits per heavy atom. The van der Waals surface area contributed by atoms with Crippen molar-refractivity contribution >= 4 is 11.3 Å². The van der Waals surface area contributed by atoms with Gasteiger partial charge in [-0.15, -0.1) is 0 Å². The first-order valence-electron chi connectivity index (χ1n) is 6.33. The van der Waals surface area contributed by atoms with Crippen molar-refractivity contribution in [3.05, 3.63) is 47.1 Å². The number of nitrogens with two attached hydrogens (primary N) is 1. The van der Waals surface area contributed by atoms with Gasteiger partial charge in [-0.2, -0.15) is 0 Å². The van der Waals surface area contributed by atoms with E-state index in [0.717, 1.165) is 18.5 Å². The van der Waals surface area contributed by atoms with E-state index < -0.39 is 0 Å². The molecule has 0 saturated carbocycles. The molecule has 0 aliphatic rings. The van der Waals surface area contributed by atoms with Crippen molar-refractivity contribution in [3.8, 4) is 0 Å². The smallest absolute Gasteiger partial charge is 0.0317 e. The Bertz CT molecular complexity index is 439. The van der Waals surface area contributed by atoms with Crippen LogP contribution in [0.25, 0.3) is 5.57 Å². The van der Waals surface area contributed by atoms with E-state index in [0.29, 0.717) is 0 Å². The van der Waals surface area contributed by atoms with Crippen molar-refractivity contribution in [2.24, 2.45) is 0 Å². The van der Waals surface area contributed by atoms with Crippen LogP contribution >= 0.6 is 0 Å². The molecule has 2 N–H and O–H groups in total. The summed E-state index contributed by atoms with van der Waals surface area (Å²) in [5, 5.41) is 0. The molecule has 1 heteroatoms. The van der Waals surface area contributed by atoms with E-state index in [2.05, 4.69) is 45.9 Å². The number of allylic oxidation sites excluding steroid dienone is 4. The van der Waals surface area contributed by atoms with Crippen LogP contribution in [0.4, 0.5) is 5.69 Å². The molecule has 1 nitrogen and oxygen atoms in total. The third-order valence-electron chi connectivity index (χ3n) is 2.88. The summed E-state index contributed by atoms with van der Waals surface area (Å²) in [7, 11) is 0. The van der Waals surface area contributed by atoms with Crippen molar-refractivity contribution in [2.75, 3.05) is 5.73 Å². The van der Waals surface area contributed by atoms with E-state index >= 15 is 0 Å². The summed E-state index contributed by atoms with van der Waals surface area (Å²) in [6.07, 6.45) is 6.69. The summed E-state index contributed by atoms with van der Waals surface area (Å²) < 4.78 is 0. The molecule has 0 heterocycles. The lowest BCUT2D eigenvalue weighted by atomic mass is 9.93. The van der Waals surface area contributed by atoms with Gasteiger partial charge in [0.1, 0.15) is 0 Å². The molecule has 1 aromatic carbocycles. The molecule has 1 aromatic rings. The highest BCUT2D eigenvalue weighted by Gasteiger charge is 2.06. The van der Waals surface area contributed by atoms with Crippen molar-refractivity contribution in [1.29, 1.82) is 0 Å². The number of anilines is 1. The summed E-state index contributed by atoms with van der Waals surface area (Å²) in [6.45, 7) is 8.64. The Balaban J connectivity index is 3.24. The molecule has 0 aliphatic heterocycles. The molecule has 0 unspecified atom stereocenters. The maximum absolute atomic E-state index is 5.80.